The Balaban J connectivity index is 1.93. The minimum absolute atomic E-state index is 0.00338. The Hall–Kier alpha value is -0.620. The van der Waals surface area contributed by atoms with E-state index in [4.69, 9.17) is 4.74 Å². The molecule has 1 unspecified atom stereocenters. The topological polar surface area (TPSA) is 72.5 Å². The van der Waals surface area contributed by atoms with Gasteiger partial charge in [-0.2, -0.15) is 0 Å². The molecule has 1 aliphatic carbocycles. The van der Waals surface area contributed by atoms with Gasteiger partial charge in [-0.15, -0.1) is 0 Å². The Labute approximate surface area is 127 Å². The van der Waals surface area contributed by atoms with Crippen LogP contribution in [0.25, 0.3) is 0 Å². The molecule has 21 heavy (non-hydrogen) atoms. The van der Waals surface area contributed by atoms with Crippen molar-refractivity contribution < 1.29 is 17.9 Å². The highest BCUT2D eigenvalue weighted by Gasteiger charge is 2.43. The van der Waals surface area contributed by atoms with E-state index in [1.54, 1.807) is 0 Å². The van der Waals surface area contributed by atoms with E-state index < -0.39 is 15.4 Å². The summed E-state index contributed by atoms with van der Waals surface area (Å²) in [6.07, 6.45) is 7.93. The molecule has 1 atom stereocenters. The molecule has 0 spiro atoms. The molecule has 1 aliphatic heterocycles. The number of ether oxygens (including phenoxy) is 1. The van der Waals surface area contributed by atoms with Crippen LogP contribution in [0.4, 0.5) is 0 Å². The molecule has 1 amide bonds. The molecule has 122 valence electrons. The number of sulfone groups is 1. The van der Waals surface area contributed by atoms with Gasteiger partial charge in [0.25, 0.3) is 0 Å². The molecule has 0 bridgehead atoms. The molecule has 0 aromatic rings. The molecule has 1 heterocycles. The van der Waals surface area contributed by atoms with Crippen LogP contribution in [0.15, 0.2) is 0 Å². The number of hydrogen-bond acceptors (Lipinski definition) is 4. The second-order valence-corrected chi connectivity index (χ2v) is 8.96. The zero-order chi connectivity index (χ0) is 15.5. The minimum atomic E-state index is -3.14. The Morgan fingerprint density at radius 1 is 1.33 bits per heavy atom. The summed E-state index contributed by atoms with van der Waals surface area (Å²) in [4.78, 5) is 12.5. The Morgan fingerprint density at radius 3 is 2.38 bits per heavy atom. The number of carbonyl (C=O) groups excluding carboxylic acids is 1. The summed E-state index contributed by atoms with van der Waals surface area (Å²) in [6.45, 7) is 2.62. The lowest BCUT2D eigenvalue weighted by molar-refractivity contribution is -0.135. The summed E-state index contributed by atoms with van der Waals surface area (Å²) >= 11 is 0. The molecule has 0 aromatic carbocycles. The number of hydrogen-bond donors (Lipinski definition) is 1. The van der Waals surface area contributed by atoms with Gasteiger partial charge in [-0.25, -0.2) is 8.42 Å². The third kappa shape index (κ3) is 4.68. The van der Waals surface area contributed by atoms with Crippen LogP contribution in [0.5, 0.6) is 0 Å². The van der Waals surface area contributed by atoms with Crippen LogP contribution in [0.3, 0.4) is 0 Å². The van der Waals surface area contributed by atoms with Gasteiger partial charge < -0.3 is 10.1 Å². The van der Waals surface area contributed by atoms with Gasteiger partial charge in [0.15, 0.2) is 0 Å². The molecule has 5 nitrogen and oxygen atoms in total. The molecule has 1 saturated heterocycles. The van der Waals surface area contributed by atoms with Gasteiger partial charge in [0, 0.05) is 12.2 Å². The second-order valence-electron chi connectivity index (χ2n) is 6.82. The SMILES string of the molecule is CCC(CC1CCCC1)C(=O)NC1(CS(C)(=O)=O)COC1. The molecular weight excluding hydrogens is 290 g/mol. The fourth-order valence-electron chi connectivity index (χ4n) is 3.51. The molecule has 1 N–H and O–H groups in total. The summed E-state index contributed by atoms with van der Waals surface area (Å²) in [6, 6.07) is 0. The van der Waals surface area contributed by atoms with Crippen LogP contribution in [-0.2, 0) is 19.4 Å². The highest BCUT2D eigenvalue weighted by atomic mass is 32.2. The standard InChI is InChI=1S/C15H27NO4S/c1-3-13(8-12-6-4-5-7-12)14(17)16-15(9-20-10-15)11-21(2,18)19/h12-13H,3-11H2,1-2H3,(H,16,17). The third-order valence-electron chi connectivity index (χ3n) is 4.64. The number of amides is 1. The van der Waals surface area contributed by atoms with Gasteiger partial charge in [-0.3, -0.25) is 4.79 Å². The lowest BCUT2D eigenvalue weighted by Gasteiger charge is -2.42. The van der Waals surface area contributed by atoms with Crippen molar-refractivity contribution in [3.63, 3.8) is 0 Å². The van der Waals surface area contributed by atoms with Crippen LogP contribution >= 0.6 is 0 Å². The molecule has 2 aliphatic rings. The van der Waals surface area contributed by atoms with Crippen LogP contribution < -0.4 is 5.32 Å². The van der Waals surface area contributed by atoms with Gasteiger partial charge in [0.2, 0.25) is 5.91 Å². The van der Waals surface area contributed by atoms with E-state index in [0.717, 1.165) is 12.8 Å². The maximum absolute atomic E-state index is 12.5. The first-order chi connectivity index (χ1) is 9.84. The van der Waals surface area contributed by atoms with Crippen molar-refractivity contribution in [2.75, 3.05) is 25.2 Å². The van der Waals surface area contributed by atoms with Crippen LogP contribution in [-0.4, -0.2) is 45.1 Å². The monoisotopic (exact) mass is 317 g/mol. The predicted molar refractivity (Wildman–Crippen MR) is 81.8 cm³/mol. The second kappa shape index (κ2) is 6.65. The van der Waals surface area contributed by atoms with Gasteiger partial charge in [0.1, 0.15) is 15.4 Å². The van der Waals surface area contributed by atoms with Crippen molar-refractivity contribution >= 4 is 15.7 Å². The highest BCUT2D eigenvalue weighted by molar-refractivity contribution is 7.90. The lowest BCUT2D eigenvalue weighted by atomic mass is 9.89. The average molecular weight is 317 g/mol. The lowest BCUT2D eigenvalue weighted by Crippen LogP contribution is -2.66. The van der Waals surface area contributed by atoms with E-state index in [9.17, 15) is 13.2 Å². The number of carbonyl (C=O) groups is 1. The molecule has 2 fully saturated rings. The third-order valence-corrected chi connectivity index (χ3v) is 5.72. The Kier molecular flexibility index (Phi) is 5.30. The molecular formula is C15H27NO4S. The van der Waals surface area contributed by atoms with E-state index in [-0.39, 0.29) is 17.6 Å². The van der Waals surface area contributed by atoms with Crippen molar-refractivity contribution in [1.82, 2.24) is 5.32 Å². The van der Waals surface area contributed by atoms with Crippen molar-refractivity contribution in [3.05, 3.63) is 0 Å². The highest BCUT2D eigenvalue weighted by Crippen LogP contribution is 2.32. The number of nitrogens with one attached hydrogen (secondary N) is 1. The van der Waals surface area contributed by atoms with Crippen LogP contribution in [0.1, 0.15) is 45.4 Å². The minimum Gasteiger partial charge on any atom is -0.376 e. The molecule has 1 saturated carbocycles. The Morgan fingerprint density at radius 2 is 1.95 bits per heavy atom. The fraction of sp³-hybridized carbons (Fsp3) is 0.933. The van der Waals surface area contributed by atoms with Gasteiger partial charge in [0.05, 0.1) is 19.0 Å². The van der Waals surface area contributed by atoms with Crippen molar-refractivity contribution in [1.29, 1.82) is 0 Å². The molecule has 2 rings (SSSR count). The normalized spacial score (nSPS) is 23.5. The van der Waals surface area contributed by atoms with Crippen LogP contribution in [0.2, 0.25) is 0 Å². The summed E-state index contributed by atoms with van der Waals surface area (Å²) in [7, 11) is -3.14. The maximum atomic E-state index is 12.5. The van der Waals surface area contributed by atoms with E-state index in [2.05, 4.69) is 5.32 Å². The smallest absolute Gasteiger partial charge is 0.223 e. The quantitative estimate of drug-likeness (QED) is 0.773. The zero-order valence-corrected chi connectivity index (χ0v) is 13.9. The molecule has 0 radical (unpaired) electrons. The first kappa shape index (κ1) is 16.7. The van der Waals surface area contributed by atoms with E-state index in [1.807, 2.05) is 6.92 Å². The van der Waals surface area contributed by atoms with Gasteiger partial charge >= 0.3 is 0 Å². The molecule has 0 aromatic heterocycles. The summed E-state index contributed by atoms with van der Waals surface area (Å²) in [5.74, 6) is 0.608. The van der Waals surface area contributed by atoms with E-state index in [1.165, 1.54) is 31.9 Å². The average Bonchev–Trinajstić information content (AvgIpc) is 2.84. The summed E-state index contributed by atoms with van der Waals surface area (Å²) < 4.78 is 28.2. The van der Waals surface area contributed by atoms with E-state index >= 15 is 0 Å². The summed E-state index contributed by atoms with van der Waals surface area (Å²) in [5.41, 5.74) is -0.701. The first-order valence-electron chi connectivity index (χ1n) is 7.91. The fourth-order valence-corrected chi connectivity index (χ4v) is 4.76. The van der Waals surface area contributed by atoms with E-state index in [0.29, 0.717) is 19.1 Å². The van der Waals surface area contributed by atoms with Crippen molar-refractivity contribution in [2.45, 2.75) is 51.0 Å². The maximum Gasteiger partial charge on any atom is 0.223 e. The zero-order valence-electron chi connectivity index (χ0n) is 13.1. The largest absolute Gasteiger partial charge is 0.376 e. The predicted octanol–water partition coefficient (Wildman–Crippen LogP) is 1.52. The van der Waals surface area contributed by atoms with Crippen molar-refractivity contribution in [2.24, 2.45) is 11.8 Å². The Bertz CT molecular complexity index is 464. The van der Waals surface area contributed by atoms with Crippen LogP contribution in [0, 0.1) is 11.8 Å². The first-order valence-corrected chi connectivity index (χ1v) is 9.97. The summed E-state index contributed by atoms with van der Waals surface area (Å²) in [5, 5.41) is 2.97. The van der Waals surface area contributed by atoms with Gasteiger partial charge in [-0.05, 0) is 18.8 Å². The number of rotatable bonds is 7. The molecule has 6 heteroatoms. The van der Waals surface area contributed by atoms with Crippen molar-refractivity contribution in [3.8, 4) is 0 Å². The van der Waals surface area contributed by atoms with Gasteiger partial charge in [-0.1, -0.05) is 32.6 Å².